The van der Waals surface area contributed by atoms with Gasteiger partial charge in [0.15, 0.2) is 0 Å². The molecule has 0 nitrogen and oxygen atoms in total. The van der Waals surface area contributed by atoms with E-state index in [1.807, 2.05) is 39.8 Å². The zero-order valence-corrected chi connectivity index (χ0v) is 16.0. The monoisotopic (exact) mass is 320 g/mol. The summed E-state index contributed by atoms with van der Waals surface area (Å²) in [4.78, 5) is 0. The quantitative estimate of drug-likeness (QED) is 0.494. The molecule has 128 valence electrons. The molecule has 2 aromatic carbocycles. The Kier molecular flexibility index (Phi) is 11.9. The van der Waals surface area contributed by atoms with Gasteiger partial charge < -0.3 is 0 Å². The maximum atomic E-state index is 4.17. The van der Waals surface area contributed by atoms with Crippen molar-refractivity contribution in [2.24, 2.45) is 0 Å². The standard InChI is InChI=1S/C20H20.2C2H6/c1-4-6-11-16(3)18-13-9-10-15-20(18)19-14-8-7-12-17(19)5-2;2*1-2/h4,6-15H,1,3,5H2,2H3;2*1-2H3/b11-6-;;. The van der Waals surface area contributed by atoms with Crippen molar-refractivity contribution in [2.75, 3.05) is 0 Å². The lowest BCUT2D eigenvalue weighted by Crippen LogP contribution is -1.91. The van der Waals surface area contributed by atoms with Crippen molar-refractivity contribution >= 4 is 5.57 Å². The summed E-state index contributed by atoms with van der Waals surface area (Å²) in [6.45, 7) is 18.1. The van der Waals surface area contributed by atoms with Crippen LogP contribution in [0.2, 0.25) is 0 Å². The predicted octanol–water partition coefficient (Wildman–Crippen LogP) is 7.72. The van der Waals surface area contributed by atoms with Crippen LogP contribution in [0.25, 0.3) is 16.7 Å². The minimum Gasteiger partial charge on any atom is -0.0991 e. The Labute approximate surface area is 149 Å². The zero-order chi connectivity index (χ0) is 18.4. The molecule has 0 amide bonds. The van der Waals surface area contributed by atoms with Crippen molar-refractivity contribution in [3.8, 4) is 11.1 Å². The first kappa shape index (κ1) is 21.7. The van der Waals surface area contributed by atoms with Gasteiger partial charge >= 0.3 is 0 Å². The van der Waals surface area contributed by atoms with Crippen LogP contribution >= 0.6 is 0 Å². The molecule has 0 heteroatoms. The van der Waals surface area contributed by atoms with Crippen LogP contribution in [-0.2, 0) is 6.42 Å². The van der Waals surface area contributed by atoms with Crippen molar-refractivity contribution in [2.45, 2.75) is 41.0 Å². The maximum Gasteiger partial charge on any atom is -0.0103 e. The topological polar surface area (TPSA) is 0 Å². The van der Waals surface area contributed by atoms with Crippen LogP contribution < -0.4 is 0 Å². The summed E-state index contributed by atoms with van der Waals surface area (Å²) in [5.74, 6) is 0. The number of allylic oxidation sites excluding steroid dienone is 4. The van der Waals surface area contributed by atoms with Crippen LogP contribution in [0.4, 0.5) is 0 Å². The number of aryl methyl sites for hydroxylation is 1. The van der Waals surface area contributed by atoms with E-state index in [1.165, 1.54) is 22.3 Å². The fraction of sp³-hybridized carbons (Fsp3) is 0.250. The van der Waals surface area contributed by atoms with Gasteiger partial charge in [0.2, 0.25) is 0 Å². The van der Waals surface area contributed by atoms with Crippen molar-refractivity contribution in [1.82, 2.24) is 0 Å². The molecule has 0 saturated carbocycles. The summed E-state index contributed by atoms with van der Waals surface area (Å²) in [6, 6.07) is 17.0. The Hall–Kier alpha value is -2.34. The lowest BCUT2D eigenvalue weighted by Gasteiger charge is -2.13. The zero-order valence-electron chi connectivity index (χ0n) is 16.0. The predicted molar refractivity (Wildman–Crippen MR) is 112 cm³/mol. The molecule has 0 aliphatic heterocycles. The highest BCUT2D eigenvalue weighted by Crippen LogP contribution is 2.31. The molecule has 0 aromatic heterocycles. The normalized spacial score (nSPS) is 9.38. The molecule has 0 aliphatic rings. The highest BCUT2D eigenvalue weighted by atomic mass is 14.1. The van der Waals surface area contributed by atoms with Gasteiger partial charge in [-0.15, -0.1) is 0 Å². The summed E-state index contributed by atoms with van der Waals surface area (Å²) < 4.78 is 0. The van der Waals surface area contributed by atoms with E-state index >= 15 is 0 Å². The largest absolute Gasteiger partial charge is 0.0991 e. The van der Waals surface area contributed by atoms with E-state index in [-0.39, 0.29) is 0 Å². The molecular formula is C24H32. The Bertz CT molecular complexity index is 645. The Morgan fingerprint density at radius 1 is 0.875 bits per heavy atom. The van der Waals surface area contributed by atoms with Gasteiger partial charge in [0, 0.05) is 0 Å². The van der Waals surface area contributed by atoms with E-state index < -0.39 is 0 Å². The second-order valence-corrected chi connectivity index (χ2v) is 4.68. The number of benzene rings is 2. The molecule has 0 unspecified atom stereocenters. The molecule has 0 atom stereocenters. The van der Waals surface area contributed by atoms with Crippen LogP contribution in [-0.4, -0.2) is 0 Å². The van der Waals surface area contributed by atoms with Crippen LogP contribution in [0.3, 0.4) is 0 Å². The van der Waals surface area contributed by atoms with Gasteiger partial charge in [-0.05, 0) is 34.2 Å². The van der Waals surface area contributed by atoms with E-state index in [2.05, 4.69) is 68.6 Å². The van der Waals surface area contributed by atoms with Crippen molar-refractivity contribution in [1.29, 1.82) is 0 Å². The number of hydrogen-bond donors (Lipinski definition) is 0. The summed E-state index contributed by atoms with van der Waals surface area (Å²) in [5, 5.41) is 0. The molecular weight excluding hydrogens is 288 g/mol. The van der Waals surface area contributed by atoms with Crippen molar-refractivity contribution in [3.63, 3.8) is 0 Å². The van der Waals surface area contributed by atoms with E-state index in [1.54, 1.807) is 6.08 Å². The van der Waals surface area contributed by atoms with Gasteiger partial charge in [-0.3, -0.25) is 0 Å². The molecule has 0 heterocycles. The van der Waals surface area contributed by atoms with Gasteiger partial charge in [0.05, 0.1) is 0 Å². The fourth-order valence-corrected chi connectivity index (χ4v) is 2.36. The van der Waals surface area contributed by atoms with Gasteiger partial charge in [0.25, 0.3) is 0 Å². The smallest absolute Gasteiger partial charge is 0.0103 e. The van der Waals surface area contributed by atoms with E-state index in [0.717, 1.165) is 12.0 Å². The van der Waals surface area contributed by atoms with Gasteiger partial charge in [-0.25, -0.2) is 0 Å². The fourth-order valence-electron chi connectivity index (χ4n) is 2.36. The first-order valence-electron chi connectivity index (χ1n) is 8.93. The van der Waals surface area contributed by atoms with E-state index in [0.29, 0.717) is 0 Å². The molecule has 0 aliphatic carbocycles. The molecule has 0 saturated heterocycles. The first-order valence-corrected chi connectivity index (χ1v) is 8.93. The Morgan fingerprint density at radius 3 is 2.00 bits per heavy atom. The lowest BCUT2D eigenvalue weighted by atomic mass is 9.91. The lowest BCUT2D eigenvalue weighted by molar-refractivity contribution is 1.14. The van der Waals surface area contributed by atoms with Gasteiger partial charge in [0.1, 0.15) is 0 Å². The highest BCUT2D eigenvalue weighted by molar-refractivity contribution is 5.85. The Balaban J connectivity index is 0.00000123. The summed E-state index contributed by atoms with van der Waals surface area (Å²) >= 11 is 0. The first-order chi connectivity index (χ1) is 11.8. The molecule has 0 spiro atoms. The van der Waals surface area contributed by atoms with Crippen molar-refractivity contribution < 1.29 is 0 Å². The summed E-state index contributed by atoms with van der Waals surface area (Å²) in [7, 11) is 0. The third-order valence-corrected chi connectivity index (χ3v) is 3.39. The summed E-state index contributed by atoms with van der Waals surface area (Å²) in [6.07, 6.45) is 6.72. The molecule has 2 aromatic rings. The summed E-state index contributed by atoms with van der Waals surface area (Å²) in [5.41, 5.74) is 6.07. The molecule has 24 heavy (non-hydrogen) atoms. The Morgan fingerprint density at radius 2 is 1.42 bits per heavy atom. The molecule has 2 rings (SSSR count). The number of rotatable bonds is 5. The van der Waals surface area contributed by atoms with Crippen LogP contribution in [0.1, 0.15) is 45.7 Å². The highest BCUT2D eigenvalue weighted by Gasteiger charge is 2.08. The third kappa shape index (κ3) is 6.04. The average molecular weight is 321 g/mol. The molecule has 0 fully saturated rings. The SMILES string of the molecule is C=C/C=C\C(=C)c1ccccc1-c1ccccc1CC.CC.CC. The minimum absolute atomic E-state index is 1.01. The van der Waals surface area contributed by atoms with Crippen LogP contribution in [0, 0.1) is 0 Å². The number of hydrogen-bond acceptors (Lipinski definition) is 0. The van der Waals surface area contributed by atoms with Gasteiger partial charge in [-0.1, -0.05) is 115 Å². The second kappa shape index (κ2) is 13.1. The van der Waals surface area contributed by atoms with Crippen molar-refractivity contribution in [3.05, 3.63) is 91.0 Å². The maximum absolute atomic E-state index is 4.17. The second-order valence-electron chi connectivity index (χ2n) is 4.68. The van der Waals surface area contributed by atoms with E-state index in [4.69, 9.17) is 0 Å². The minimum atomic E-state index is 1.01. The van der Waals surface area contributed by atoms with Gasteiger partial charge in [-0.2, -0.15) is 0 Å². The molecule has 0 bridgehead atoms. The molecule has 0 radical (unpaired) electrons. The average Bonchev–Trinajstić information content (AvgIpc) is 2.69. The third-order valence-electron chi connectivity index (χ3n) is 3.39. The molecule has 0 N–H and O–H groups in total. The van der Waals surface area contributed by atoms with Crippen LogP contribution in [0.5, 0.6) is 0 Å². The van der Waals surface area contributed by atoms with Crippen LogP contribution in [0.15, 0.2) is 79.9 Å². The van der Waals surface area contributed by atoms with E-state index in [9.17, 15) is 0 Å².